The standard InChI is InChI=1S/C16H21NO3/c1-9-4-5-12(8-10(9)2)11(3)17-15(18)13-6-7-14(13)16(19)20/h4-5,8,11,13-14H,6-7H2,1-3H3,(H,17,18)(H,19,20). The molecule has 4 heteroatoms. The molecule has 1 amide bonds. The van der Waals surface area contributed by atoms with Gasteiger partial charge in [-0.3, -0.25) is 9.59 Å². The largest absolute Gasteiger partial charge is 0.481 e. The Bertz CT molecular complexity index is 539. The first kappa shape index (κ1) is 14.6. The fraction of sp³-hybridized carbons (Fsp3) is 0.500. The molecule has 20 heavy (non-hydrogen) atoms. The summed E-state index contributed by atoms with van der Waals surface area (Å²) in [5, 5.41) is 11.9. The smallest absolute Gasteiger partial charge is 0.307 e. The number of hydrogen-bond acceptors (Lipinski definition) is 2. The molecule has 3 unspecified atom stereocenters. The van der Waals surface area contributed by atoms with Crippen LogP contribution < -0.4 is 5.32 Å². The lowest BCUT2D eigenvalue weighted by Gasteiger charge is -2.33. The van der Waals surface area contributed by atoms with Crippen molar-refractivity contribution in [3.8, 4) is 0 Å². The molecule has 1 aliphatic rings. The van der Waals surface area contributed by atoms with E-state index in [9.17, 15) is 9.59 Å². The normalized spacial score (nSPS) is 22.8. The number of benzene rings is 1. The summed E-state index contributed by atoms with van der Waals surface area (Å²) in [4.78, 5) is 23.1. The molecule has 0 radical (unpaired) electrons. The van der Waals surface area contributed by atoms with Gasteiger partial charge in [0, 0.05) is 0 Å². The first-order valence-electron chi connectivity index (χ1n) is 7.00. The van der Waals surface area contributed by atoms with Crippen LogP contribution in [0.1, 0.15) is 42.5 Å². The average molecular weight is 275 g/mol. The lowest BCUT2D eigenvalue weighted by molar-refractivity contribution is -0.152. The van der Waals surface area contributed by atoms with Gasteiger partial charge in [0.1, 0.15) is 0 Å². The van der Waals surface area contributed by atoms with E-state index in [1.165, 1.54) is 11.1 Å². The monoisotopic (exact) mass is 275 g/mol. The molecule has 1 fully saturated rings. The molecule has 0 aromatic heterocycles. The van der Waals surface area contributed by atoms with Gasteiger partial charge in [-0.05, 0) is 50.3 Å². The summed E-state index contributed by atoms with van der Waals surface area (Å²) < 4.78 is 0. The van der Waals surface area contributed by atoms with Crippen LogP contribution in [0, 0.1) is 25.7 Å². The van der Waals surface area contributed by atoms with Crippen LogP contribution in [-0.4, -0.2) is 17.0 Å². The topological polar surface area (TPSA) is 66.4 Å². The fourth-order valence-electron chi connectivity index (χ4n) is 2.55. The third-order valence-electron chi connectivity index (χ3n) is 4.32. The maximum atomic E-state index is 12.1. The van der Waals surface area contributed by atoms with Crippen LogP contribution in [0.15, 0.2) is 18.2 Å². The second-order valence-corrected chi connectivity index (χ2v) is 5.70. The Morgan fingerprint density at radius 3 is 2.35 bits per heavy atom. The molecule has 0 aliphatic heterocycles. The van der Waals surface area contributed by atoms with Crippen molar-refractivity contribution in [2.75, 3.05) is 0 Å². The summed E-state index contributed by atoms with van der Waals surface area (Å²) in [5.41, 5.74) is 3.46. The van der Waals surface area contributed by atoms with Crippen LogP contribution in [0.25, 0.3) is 0 Å². The van der Waals surface area contributed by atoms with Gasteiger partial charge in [-0.2, -0.15) is 0 Å². The number of carbonyl (C=O) groups is 2. The molecule has 1 aromatic carbocycles. The van der Waals surface area contributed by atoms with E-state index >= 15 is 0 Å². The van der Waals surface area contributed by atoms with Crippen molar-refractivity contribution < 1.29 is 14.7 Å². The molecule has 1 saturated carbocycles. The minimum Gasteiger partial charge on any atom is -0.481 e. The van der Waals surface area contributed by atoms with Gasteiger partial charge in [0.25, 0.3) is 0 Å². The Labute approximate surface area is 119 Å². The number of hydrogen-bond donors (Lipinski definition) is 2. The Morgan fingerprint density at radius 2 is 1.85 bits per heavy atom. The van der Waals surface area contributed by atoms with E-state index in [0.717, 1.165) is 5.56 Å². The van der Waals surface area contributed by atoms with E-state index in [-0.39, 0.29) is 17.9 Å². The van der Waals surface area contributed by atoms with Crippen LogP contribution in [0.5, 0.6) is 0 Å². The first-order chi connectivity index (χ1) is 9.40. The van der Waals surface area contributed by atoms with Gasteiger partial charge in [0.2, 0.25) is 5.91 Å². The van der Waals surface area contributed by atoms with Crippen LogP contribution in [-0.2, 0) is 9.59 Å². The van der Waals surface area contributed by atoms with Crippen molar-refractivity contribution in [1.29, 1.82) is 0 Å². The molecule has 108 valence electrons. The van der Waals surface area contributed by atoms with Gasteiger partial charge in [0.05, 0.1) is 17.9 Å². The second-order valence-electron chi connectivity index (χ2n) is 5.70. The van der Waals surface area contributed by atoms with Crippen molar-refractivity contribution in [3.05, 3.63) is 34.9 Å². The molecule has 4 nitrogen and oxygen atoms in total. The average Bonchev–Trinajstić information content (AvgIpc) is 2.30. The minimum atomic E-state index is -0.866. The summed E-state index contributed by atoms with van der Waals surface area (Å²) in [6, 6.07) is 6.01. The van der Waals surface area contributed by atoms with E-state index in [0.29, 0.717) is 12.8 Å². The van der Waals surface area contributed by atoms with E-state index in [1.54, 1.807) is 0 Å². The number of rotatable bonds is 4. The summed E-state index contributed by atoms with van der Waals surface area (Å²) in [6.07, 6.45) is 1.27. The van der Waals surface area contributed by atoms with E-state index < -0.39 is 11.9 Å². The minimum absolute atomic E-state index is 0.100. The van der Waals surface area contributed by atoms with Crippen LogP contribution in [0.4, 0.5) is 0 Å². The number of amides is 1. The zero-order valence-corrected chi connectivity index (χ0v) is 12.1. The molecular weight excluding hydrogens is 254 g/mol. The van der Waals surface area contributed by atoms with Gasteiger partial charge in [0.15, 0.2) is 0 Å². The highest BCUT2D eigenvalue weighted by molar-refractivity contribution is 5.86. The highest BCUT2D eigenvalue weighted by Crippen LogP contribution is 2.35. The number of nitrogens with one attached hydrogen (secondary N) is 1. The zero-order chi connectivity index (χ0) is 14.9. The Hall–Kier alpha value is -1.84. The highest BCUT2D eigenvalue weighted by Gasteiger charge is 2.41. The van der Waals surface area contributed by atoms with Crippen LogP contribution >= 0.6 is 0 Å². The van der Waals surface area contributed by atoms with Crippen LogP contribution in [0.3, 0.4) is 0 Å². The Morgan fingerprint density at radius 1 is 1.20 bits per heavy atom. The summed E-state index contributed by atoms with van der Waals surface area (Å²) in [6.45, 7) is 6.02. The molecule has 0 bridgehead atoms. The molecule has 0 heterocycles. The number of aliphatic carboxylic acids is 1. The molecule has 3 atom stereocenters. The summed E-state index contributed by atoms with van der Waals surface area (Å²) in [5.74, 6) is -1.90. The quantitative estimate of drug-likeness (QED) is 0.887. The van der Waals surface area contributed by atoms with E-state index in [2.05, 4.69) is 11.4 Å². The molecule has 0 spiro atoms. The Balaban J connectivity index is 2.00. The predicted octanol–water partition coefficient (Wildman–Crippen LogP) is 2.59. The van der Waals surface area contributed by atoms with Crippen molar-refractivity contribution >= 4 is 11.9 Å². The predicted molar refractivity (Wildman–Crippen MR) is 76.3 cm³/mol. The van der Waals surface area contributed by atoms with Crippen molar-refractivity contribution in [2.45, 2.75) is 39.7 Å². The third kappa shape index (κ3) is 2.84. The number of aryl methyl sites for hydroxylation is 2. The molecule has 1 aliphatic carbocycles. The first-order valence-corrected chi connectivity index (χ1v) is 7.00. The van der Waals surface area contributed by atoms with Gasteiger partial charge in [-0.25, -0.2) is 0 Å². The maximum absolute atomic E-state index is 12.1. The van der Waals surface area contributed by atoms with Crippen molar-refractivity contribution in [3.63, 3.8) is 0 Å². The van der Waals surface area contributed by atoms with E-state index in [1.807, 2.05) is 32.9 Å². The fourth-order valence-corrected chi connectivity index (χ4v) is 2.55. The van der Waals surface area contributed by atoms with Gasteiger partial charge in [-0.15, -0.1) is 0 Å². The number of carboxylic acids is 1. The molecule has 2 rings (SSSR count). The number of carbonyl (C=O) groups excluding carboxylic acids is 1. The van der Waals surface area contributed by atoms with E-state index in [4.69, 9.17) is 5.11 Å². The lowest BCUT2D eigenvalue weighted by atomic mass is 9.73. The maximum Gasteiger partial charge on any atom is 0.307 e. The zero-order valence-electron chi connectivity index (χ0n) is 12.1. The SMILES string of the molecule is Cc1ccc(C(C)NC(=O)C2CCC2C(=O)O)cc1C. The van der Waals surface area contributed by atoms with Crippen molar-refractivity contribution in [1.82, 2.24) is 5.32 Å². The lowest BCUT2D eigenvalue weighted by Crippen LogP contribution is -2.44. The number of carboxylic acid groups (broad SMARTS) is 1. The second kappa shape index (κ2) is 5.65. The van der Waals surface area contributed by atoms with Gasteiger partial charge in [-0.1, -0.05) is 18.2 Å². The third-order valence-corrected chi connectivity index (χ3v) is 4.32. The summed E-state index contributed by atoms with van der Waals surface area (Å²) >= 11 is 0. The van der Waals surface area contributed by atoms with Gasteiger partial charge < -0.3 is 10.4 Å². The molecule has 2 N–H and O–H groups in total. The summed E-state index contributed by atoms with van der Waals surface area (Å²) in [7, 11) is 0. The van der Waals surface area contributed by atoms with Crippen LogP contribution in [0.2, 0.25) is 0 Å². The van der Waals surface area contributed by atoms with Gasteiger partial charge >= 0.3 is 5.97 Å². The van der Waals surface area contributed by atoms with Crippen molar-refractivity contribution in [2.24, 2.45) is 11.8 Å². The Kier molecular flexibility index (Phi) is 4.12. The molecular formula is C16H21NO3. The molecule has 1 aromatic rings. The molecule has 0 saturated heterocycles. The highest BCUT2D eigenvalue weighted by atomic mass is 16.4.